The molecule has 2 amide bonds. The molecule has 1 aromatic heterocycles. The van der Waals surface area contributed by atoms with Crippen molar-refractivity contribution >= 4 is 40.9 Å². The van der Waals surface area contributed by atoms with Gasteiger partial charge in [-0.1, -0.05) is 18.6 Å². The van der Waals surface area contributed by atoms with Gasteiger partial charge in [-0.25, -0.2) is 4.98 Å². The fourth-order valence-electron chi connectivity index (χ4n) is 2.30. The Hall–Kier alpha value is -2.06. The van der Waals surface area contributed by atoms with Gasteiger partial charge < -0.3 is 15.4 Å². The van der Waals surface area contributed by atoms with Crippen LogP contribution in [-0.4, -0.2) is 36.2 Å². The number of unbranched alkanes of at least 4 members (excludes halogenated alkanes) is 2. The van der Waals surface area contributed by atoms with Gasteiger partial charge in [0.2, 0.25) is 11.8 Å². The molecule has 0 radical (unpaired) electrons. The highest BCUT2D eigenvalue weighted by molar-refractivity contribution is 7.81. The van der Waals surface area contributed by atoms with Crippen molar-refractivity contribution in [1.29, 1.82) is 0 Å². The van der Waals surface area contributed by atoms with E-state index < -0.39 is 0 Å². The molecule has 0 aliphatic carbocycles. The molecule has 0 spiro atoms. The van der Waals surface area contributed by atoms with Crippen LogP contribution in [0.5, 0.6) is 5.75 Å². The van der Waals surface area contributed by atoms with Crippen LogP contribution in [0.4, 0.5) is 5.13 Å². The summed E-state index contributed by atoms with van der Waals surface area (Å²) in [4.78, 5) is 27.5. The van der Waals surface area contributed by atoms with Crippen molar-refractivity contribution in [2.24, 2.45) is 0 Å². The minimum absolute atomic E-state index is 0.0454. The van der Waals surface area contributed by atoms with Crippen molar-refractivity contribution in [2.75, 3.05) is 24.7 Å². The number of thiol groups is 1. The Morgan fingerprint density at radius 1 is 1.23 bits per heavy atom. The molecule has 2 N–H and O–H groups in total. The monoisotopic (exact) mass is 393 g/mol. The van der Waals surface area contributed by atoms with Gasteiger partial charge in [0.1, 0.15) is 5.75 Å². The Bertz CT molecular complexity index is 734. The van der Waals surface area contributed by atoms with Crippen molar-refractivity contribution < 1.29 is 14.3 Å². The predicted molar refractivity (Wildman–Crippen MR) is 108 cm³/mol. The van der Waals surface area contributed by atoms with Crippen LogP contribution in [0, 0.1) is 0 Å². The van der Waals surface area contributed by atoms with Gasteiger partial charge in [0, 0.05) is 23.9 Å². The zero-order valence-corrected chi connectivity index (χ0v) is 16.4. The summed E-state index contributed by atoms with van der Waals surface area (Å²) in [5.41, 5.74) is 1.76. The average molecular weight is 394 g/mol. The molecule has 8 heteroatoms. The highest BCUT2D eigenvalue weighted by Crippen LogP contribution is 2.27. The standard InChI is InChI=1S/C18H23N3O3S2/c1-24-14-7-5-6-13(10-14)15-12-26-18(20-15)21-16(22)8-3-2-4-9-19-17(23)11-25/h5-7,10,12,25H,2-4,8-9,11H2,1H3,(H,19,23)(H,20,21,22). The number of thiazole rings is 1. The van der Waals surface area contributed by atoms with Gasteiger partial charge in [0.15, 0.2) is 5.13 Å². The van der Waals surface area contributed by atoms with Crippen LogP contribution >= 0.6 is 24.0 Å². The molecule has 140 valence electrons. The first-order valence-electron chi connectivity index (χ1n) is 8.39. The van der Waals surface area contributed by atoms with Crippen LogP contribution in [0.2, 0.25) is 0 Å². The van der Waals surface area contributed by atoms with E-state index in [0.717, 1.165) is 36.3 Å². The molecule has 0 fully saturated rings. The van der Waals surface area contributed by atoms with E-state index in [1.54, 1.807) is 7.11 Å². The maximum atomic E-state index is 12.0. The van der Waals surface area contributed by atoms with E-state index >= 15 is 0 Å². The molecule has 6 nitrogen and oxygen atoms in total. The molecule has 0 saturated carbocycles. The number of hydrogen-bond donors (Lipinski definition) is 3. The first-order chi connectivity index (χ1) is 12.6. The van der Waals surface area contributed by atoms with Crippen LogP contribution in [0.1, 0.15) is 25.7 Å². The fourth-order valence-corrected chi connectivity index (χ4v) is 3.15. The number of rotatable bonds is 10. The maximum absolute atomic E-state index is 12.0. The molecule has 0 unspecified atom stereocenters. The smallest absolute Gasteiger partial charge is 0.229 e. The molecule has 2 aromatic rings. The summed E-state index contributed by atoms with van der Waals surface area (Å²) in [5, 5.41) is 8.09. The van der Waals surface area contributed by atoms with Gasteiger partial charge in [-0.05, 0) is 25.0 Å². The number of carbonyl (C=O) groups excluding carboxylic acids is 2. The van der Waals surface area contributed by atoms with E-state index in [2.05, 4.69) is 28.2 Å². The summed E-state index contributed by atoms with van der Waals surface area (Å²) >= 11 is 5.29. The van der Waals surface area contributed by atoms with Gasteiger partial charge in [-0.15, -0.1) is 11.3 Å². The molecule has 0 bridgehead atoms. The highest BCUT2D eigenvalue weighted by atomic mass is 32.1. The summed E-state index contributed by atoms with van der Waals surface area (Å²) in [6.07, 6.45) is 2.95. The maximum Gasteiger partial charge on any atom is 0.229 e. The molecule has 26 heavy (non-hydrogen) atoms. The van der Waals surface area contributed by atoms with Crippen LogP contribution in [0.15, 0.2) is 29.6 Å². The Morgan fingerprint density at radius 3 is 2.85 bits per heavy atom. The van der Waals surface area contributed by atoms with Crippen molar-refractivity contribution in [3.05, 3.63) is 29.6 Å². The number of carbonyl (C=O) groups is 2. The topological polar surface area (TPSA) is 80.3 Å². The number of anilines is 1. The first kappa shape index (κ1) is 20.3. The lowest BCUT2D eigenvalue weighted by molar-refractivity contribution is -0.118. The largest absolute Gasteiger partial charge is 0.497 e. The zero-order chi connectivity index (χ0) is 18.8. The first-order valence-corrected chi connectivity index (χ1v) is 9.91. The van der Waals surface area contributed by atoms with Crippen LogP contribution in [0.25, 0.3) is 11.3 Å². The van der Waals surface area contributed by atoms with E-state index in [-0.39, 0.29) is 17.6 Å². The minimum Gasteiger partial charge on any atom is -0.497 e. The van der Waals surface area contributed by atoms with E-state index in [9.17, 15) is 9.59 Å². The quantitative estimate of drug-likeness (QED) is 0.427. The van der Waals surface area contributed by atoms with E-state index in [0.29, 0.717) is 18.1 Å². The molecule has 1 heterocycles. The lowest BCUT2D eigenvalue weighted by atomic mass is 10.2. The number of hydrogen-bond acceptors (Lipinski definition) is 6. The Labute approximate surface area is 162 Å². The fraction of sp³-hybridized carbons (Fsp3) is 0.389. The average Bonchev–Trinajstić information content (AvgIpc) is 3.12. The molecule has 0 atom stereocenters. The van der Waals surface area contributed by atoms with Gasteiger partial charge in [0.05, 0.1) is 18.6 Å². The lowest BCUT2D eigenvalue weighted by Crippen LogP contribution is -2.25. The van der Waals surface area contributed by atoms with Gasteiger partial charge >= 0.3 is 0 Å². The molecule has 2 rings (SSSR count). The van der Waals surface area contributed by atoms with Crippen LogP contribution < -0.4 is 15.4 Å². The highest BCUT2D eigenvalue weighted by Gasteiger charge is 2.08. The second-order valence-corrected chi connectivity index (χ2v) is 6.81. The second kappa shape index (κ2) is 10.8. The van der Waals surface area contributed by atoms with Gasteiger partial charge in [0.25, 0.3) is 0 Å². The Morgan fingerprint density at radius 2 is 2.08 bits per heavy atom. The van der Waals surface area contributed by atoms with Crippen molar-refractivity contribution in [2.45, 2.75) is 25.7 Å². The lowest BCUT2D eigenvalue weighted by Gasteiger charge is -2.04. The molecule has 0 aliphatic heterocycles. The minimum atomic E-state index is -0.0679. The number of nitrogens with zero attached hydrogens (tertiary/aromatic N) is 1. The molecule has 0 aliphatic rings. The number of benzene rings is 1. The molecular weight excluding hydrogens is 370 g/mol. The SMILES string of the molecule is COc1cccc(-c2csc(NC(=O)CCCCCNC(=O)CS)n2)c1. The third-order valence-electron chi connectivity index (χ3n) is 3.66. The Balaban J connectivity index is 1.73. The Kier molecular flexibility index (Phi) is 8.43. The third-order valence-corrected chi connectivity index (χ3v) is 4.71. The normalized spacial score (nSPS) is 10.4. The van der Waals surface area contributed by atoms with Gasteiger partial charge in [-0.2, -0.15) is 12.6 Å². The van der Waals surface area contributed by atoms with E-state index in [4.69, 9.17) is 4.74 Å². The van der Waals surface area contributed by atoms with Crippen LogP contribution in [-0.2, 0) is 9.59 Å². The van der Waals surface area contributed by atoms with E-state index in [1.165, 1.54) is 11.3 Å². The number of aromatic nitrogens is 1. The second-order valence-electron chi connectivity index (χ2n) is 5.64. The number of ether oxygens (including phenoxy) is 1. The predicted octanol–water partition coefficient (Wildman–Crippen LogP) is 3.36. The summed E-state index contributed by atoms with van der Waals surface area (Å²) in [7, 11) is 1.63. The van der Waals surface area contributed by atoms with Crippen molar-refractivity contribution in [3.63, 3.8) is 0 Å². The summed E-state index contributed by atoms with van der Waals surface area (Å²) < 4.78 is 5.22. The third kappa shape index (κ3) is 6.68. The molecule has 0 saturated heterocycles. The number of nitrogens with one attached hydrogen (secondary N) is 2. The van der Waals surface area contributed by atoms with Gasteiger partial charge in [-0.3, -0.25) is 9.59 Å². The number of methoxy groups -OCH3 is 1. The van der Waals surface area contributed by atoms with Crippen molar-refractivity contribution in [3.8, 4) is 17.0 Å². The molecule has 1 aromatic carbocycles. The zero-order valence-electron chi connectivity index (χ0n) is 14.7. The van der Waals surface area contributed by atoms with E-state index in [1.807, 2.05) is 29.6 Å². The summed E-state index contributed by atoms with van der Waals surface area (Å²) in [5.74, 6) is 0.859. The van der Waals surface area contributed by atoms with Crippen molar-refractivity contribution in [1.82, 2.24) is 10.3 Å². The van der Waals surface area contributed by atoms with Crippen LogP contribution in [0.3, 0.4) is 0 Å². The molecular formula is C18H23N3O3S2. The summed E-state index contributed by atoms with van der Waals surface area (Å²) in [6, 6.07) is 7.65. The summed E-state index contributed by atoms with van der Waals surface area (Å²) in [6.45, 7) is 0.622. The number of amides is 2.